The highest BCUT2D eigenvalue weighted by atomic mass is 32.1. The van der Waals surface area contributed by atoms with Gasteiger partial charge in [0, 0.05) is 28.7 Å². The van der Waals surface area contributed by atoms with Crippen LogP contribution in [0.25, 0.3) is 0 Å². The zero-order valence-electron chi connectivity index (χ0n) is 12.0. The molecule has 5 heteroatoms. The number of rotatable bonds is 5. The Bertz CT molecular complexity index is 653. The second-order valence-electron chi connectivity index (χ2n) is 4.94. The van der Waals surface area contributed by atoms with Gasteiger partial charge in [-0.1, -0.05) is 0 Å². The standard InChI is InChI=1S/C16H17N3OS/c1-11(2)19-16(20)12-3-5-13(6-4-12)18-10-15-8-7-14(9-17)21-15/h3-8,11,18H,10H2,1-2H3,(H,19,20). The molecular weight excluding hydrogens is 282 g/mol. The lowest BCUT2D eigenvalue weighted by atomic mass is 10.2. The Labute approximate surface area is 128 Å². The number of nitriles is 1. The number of thiophene rings is 1. The molecule has 0 saturated carbocycles. The molecule has 1 heterocycles. The van der Waals surface area contributed by atoms with E-state index < -0.39 is 0 Å². The van der Waals surface area contributed by atoms with Crippen molar-refractivity contribution in [2.24, 2.45) is 0 Å². The van der Waals surface area contributed by atoms with Crippen LogP contribution in [0, 0.1) is 11.3 Å². The van der Waals surface area contributed by atoms with Crippen molar-refractivity contribution >= 4 is 22.9 Å². The third-order valence-corrected chi connectivity index (χ3v) is 3.80. The van der Waals surface area contributed by atoms with Crippen molar-refractivity contribution in [2.75, 3.05) is 5.32 Å². The van der Waals surface area contributed by atoms with Crippen molar-refractivity contribution in [3.8, 4) is 6.07 Å². The van der Waals surface area contributed by atoms with Crippen LogP contribution < -0.4 is 10.6 Å². The maximum absolute atomic E-state index is 11.8. The van der Waals surface area contributed by atoms with Gasteiger partial charge in [0.05, 0.1) is 0 Å². The van der Waals surface area contributed by atoms with Crippen LogP contribution in [0.5, 0.6) is 0 Å². The number of anilines is 1. The number of hydrogen-bond donors (Lipinski definition) is 2. The van der Waals surface area contributed by atoms with E-state index in [2.05, 4.69) is 16.7 Å². The quantitative estimate of drug-likeness (QED) is 0.889. The first-order chi connectivity index (χ1) is 10.1. The van der Waals surface area contributed by atoms with Crippen LogP contribution in [0.3, 0.4) is 0 Å². The number of carbonyl (C=O) groups excluding carboxylic acids is 1. The van der Waals surface area contributed by atoms with Crippen LogP contribution in [0.4, 0.5) is 5.69 Å². The zero-order valence-corrected chi connectivity index (χ0v) is 12.8. The van der Waals surface area contributed by atoms with Crippen molar-refractivity contribution in [1.82, 2.24) is 5.32 Å². The summed E-state index contributed by atoms with van der Waals surface area (Å²) in [7, 11) is 0. The van der Waals surface area contributed by atoms with Gasteiger partial charge in [-0.25, -0.2) is 0 Å². The van der Waals surface area contributed by atoms with Gasteiger partial charge in [0.25, 0.3) is 5.91 Å². The maximum Gasteiger partial charge on any atom is 0.251 e. The second kappa shape index (κ2) is 6.91. The van der Waals surface area contributed by atoms with Gasteiger partial charge in [-0.15, -0.1) is 11.3 Å². The molecule has 0 fully saturated rings. The van der Waals surface area contributed by atoms with E-state index in [1.165, 1.54) is 11.3 Å². The molecule has 0 bridgehead atoms. The van der Waals surface area contributed by atoms with Gasteiger partial charge in [-0.2, -0.15) is 5.26 Å². The fourth-order valence-corrected chi connectivity index (χ4v) is 2.55. The van der Waals surface area contributed by atoms with Crippen LogP contribution in [0.1, 0.15) is 34.0 Å². The summed E-state index contributed by atoms with van der Waals surface area (Å²) in [5.41, 5.74) is 1.60. The molecule has 2 N–H and O–H groups in total. The Balaban J connectivity index is 1.93. The first-order valence-corrected chi connectivity index (χ1v) is 7.54. The van der Waals surface area contributed by atoms with Crippen LogP contribution in [-0.2, 0) is 6.54 Å². The molecule has 0 spiro atoms. The Morgan fingerprint density at radius 1 is 1.24 bits per heavy atom. The van der Waals surface area contributed by atoms with E-state index in [1.807, 2.05) is 38.1 Å². The van der Waals surface area contributed by atoms with Crippen molar-refractivity contribution in [2.45, 2.75) is 26.4 Å². The van der Waals surface area contributed by atoms with E-state index in [4.69, 9.17) is 5.26 Å². The number of nitrogens with one attached hydrogen (secondary N) is 2. The Morgan fingerprint density at radius 3 is 2.52 bits per heavy atom. The highest BCUT2D eigenvalue weighted by Crippen LogP contribution is 2.17. The number of carbonyl (C=O) groups is 1. The fourth-order valence-electron chi connectivity index (χ4n) is 1.81. The normalized spacial score (nSPS) is 10.2. The minimum atomic E-state index is -0.0616. The summed E-state index contributed by atoms with van der Waals surface area (Å²) in [5, 5.41) is 14.9. The summed E-state index contributed by atoms with van der Waals surface area (Å²) in [6.45, 7) is 4.54. The molecule has 1 amide bonds. The highest BCUT2D eigenvalue weighted by molar-refractivity contribution is 7.12. The molecule has 0 radical (unpaired) electrons. The van der Waals surface area contributed by atoms with Gasteiger partial charge < -0.3 is 10.6 Å². The van der Waals surface area contributed by atoms with E-state index >= 15 is 0 Å². The summed E-state index contributed by atoms with van der Waals surface area (Å²) in [6.07, 6.45) is 0. The monoisotopic (exact) mass is 299 g/mol. The first-order valence-electron chi connectivity index (χ1n) is 6.72. The Morgan fingerprint density at radius 2 is 1.95 bits per heavy atom. The van der Waals surface area contributed by atoms with Gasteiger partial charge >= 0.3 is 0 Å². The van der Waals surface area contributed by atoms with Crippen molar-refractivity contribution in [1.29, 1.82) is 5.26 Å². The molecule has 0 atom stereocenters. The molecule has 1 aromatic carbocycles. The van der Waals surface area contributed by atoms with Gasteiger partial charge in [-0.3, -0.25) is 4.79 Å². The van der Waals surface area contributed by atoms with E-state index in [-0.39, 0.29) is 11.9 Å². The first kappa shape index (κ1) is 15.1. The third kappa shape index (κ3) is 4.33. The SMILES string of the molecule is CC(C)NC(=O)c1ccc(NCc2ccc(C#N)s2)cc1. The lowest BCUT2D eigenvalue weighted by Gasteiger charge is -2.09. The summed E-state index contributed by atoms with van der Waals surface area (Å²) in [5.74, 6) is -0.0616. The minimum Gasteiger partial charge on any atom is -0.380 e. The molecule has 0 aliphatic carbocycles. The third-order valence-electron chi connectivity index (χ3n) is 2.81. The molecule has 0 aliphatic heterocycles. The second-order valence-corrected chi connectivity index (χ2v) is 6.11. The molecular formula is C16H17N3OS. The van der Waals surface area contributed by atoms with Gasteiger partial charge in [0.2, 0.25) is 0 Å². The molecule has 108 valence electrons. The molecule has 0 aliphatic rings. The fraction of sp³-hybridized carbons (Fsp3) is 0.250. The minimum absolute atomic E-state index is 0.0616. The number of benzene rings is 1. The number of nitrogens with zero attached hydrogens (tertiary/aromatic N) is 1. The van der Waals surface area contributed by atoms with Crippen LogP contribution >= 0.6 is 11.3 Å². The summed E-state index contributed by atoms with van der Waals surface area (Å²) >= 11 is 1.48. The predicted octanol–water partition coefficient (Wildman–Crippen LogP) is 3.37. The molecule has 4 nitrogen and oxygen atoms in total. The summed E-state index contributed by atoms with van der Waals surface area (Å²) in [4.78, 5) is 13.6. The molecule has 1 aromatic heterocycles. The van der Waals surface area contributed by atoms with Gasteiger partial charge in [-0.05, 0) is 50.2 Å². The smallest absolute Gasteiger partial charge is 0.251 e. The van der Waals surface area contributed by atoms with Crippen molar-refractivity contribution < 1.29 is 4.79 Å². The summed E-state index contributed by atoms with van der Waals surface area (Å²) < 4.78 is 0. The lowest BCUT2D eigenvalue weighted by Crippen LogP contribution is -2.29. The van der Waals surface area contributed by atoms with E-state index in [1.54, 1.807) is 12.1 Å². The predicted molar refractivity (Wildman–Crippen MR) is 85.4 cm³/mol. The Kier molecular flexibility index (Phi) is 4.96. The molecule has 0 saturated heterocycles. The van der Waals surface area contributed by atoms with Crippen LogP contribution in [-0.4, -0.2) is 11.9 Å². The summed E-state index contributed by atoms with van der Waals surface area (Å²) in [6, 6.07) is 13.4. The molecule has 2 rings (SSSR count). The van der Waals surface area contributed by atoms with Crippen molar-refractivity contribution in [3.63, 3.8) is 0 Å². The molecule has 2 aromatic rings. The molecule has 21 heavy (non-hydrogen) atoms. The average Bonchev–Trinajstić information content (AvgIpc) is 2.93. The molecule has 0 unspecified atom stereocenters. The van der Waals surface area contributed by atoms with Gasteiger partial charge in [0.15, 0.2) is 0 Å². The van der Waals surface area contributed by atoms with Crippen LogP contribution in [0.15, 0.2) is 36.4 Å². The topological polar surface area (TPSA) is 64.9 Å². The lowest BCUT2D eigenvalue weighted by molar-refractivity contribution is 0.0943. The Hall–Kier alpha value is -2.32. The van der Waals surface area contributed by atoms with Crippen LogP contribution in [0.2, 0.25) is 0 Å². The maximum atomic E-state index is 11.8. The number of hydrogen-bond acceptors (Lipinski definition) is 4. The van der Waals surface area contributed by atoms with Gasteiger partial charge in [0.1, 0.15) is 10.9 Å². The highest BCUT2D eigenvalue weighted by Gasteiger charge is 2.06. The van der Waals surface area contributed by atoms with E-state index in [0.717, 1.165) is 10.6 Å². The van der Waals surface area contributed by atoms with E-state index in [0.29, 0.717) is 17.0 Å². The average molecular weight is 299 g/mol. The zero-order chi connectivity index (χ0) is 15.2. The van der Waals surface area contributed by atoms with Crippen molar-refractivity contribution in [3.05, 3.63) is 51.7 Å². The number of amides is 1. The largest absolute Gasteiger partial charge is 0.380 e. The van der Waals surface area contributed by atoms with E-state index in [9.17, 15) is 4.79 Å².